The van der Waals surface area contributed by atoms with Crippen LogP contribution >= 0.6 is 11.6 Å². The van der Waals surface area contributed by atoms with Crippen LogP contribution in [0.4, 0.5) is 18.9 Å². The van der Waals surface area contributed by atoms with Gasteiger partial charge in [0.05, 0.1) is 5.69 Å². The third-order valence-electron chi connectivity index (χ3n) is 2.73. The lowest BCUT2D eigenvalue weighted by atomic mass is 10.3. The van der Waals surface area contributed by atoms with Crippen LogP contribution in [0.2, 0.25) is 5.02 Å². The van der Waals surface area contributed by atoms with E-state index in [0.717, 1.165) is 6.07 Å². The van der Waals surface area contributed by atoms with E-state index in [1.54, 1.807) is 31.2 Å². The molecular weight excluding hydrogens is 345 g/mol. The standard InChI is InChI=1S/C16H14ClF3N2O2/c1-11(10-23-14-7-5-12(17)6-8-14)21-22-13-3-2-4-15(9-13)24-16(18,19)20/h2-9,11H,10H2,1H3. The van der Waals surface area contributed by atoms with Crippen LogP contribution in [0.25, 0.3) is 0 Å². The monoisotopic (exact) mass is 358 g/mol. The number of hydrogen-bond acceptors (Lipinski definition) is 4. The Hall–Kier alpha value is -2.28. The number of benzene rings is 2. The Kier molecular flexibility index (Phi) is 6.03. The molecule has 1 atom stereocenters. The Labute approximate surface area is 141 Å². The van der Waals surface area contributed by atoms with Crippen LogP contribution < -0.4 is 9.47 Å². The first-order valence-corrected chi connectivity index (χ1v) is 7.35. The summed E-state index contributed by atoms with van der Waals surface area (Å²) in [6.45, 7) is 2.04. The Morgan fingerprint density at radius 1 is 1.08 bits per heavy atom. The largest absolute Gasteiger partial charge is 0.573 e. The maximum atomic E-state index is 12.2. The number of hydrogen-bond donors (Lipinski definition) is 0. The number of nitrogens with zero attached hydrogens (tertiary/aromatic N) is 2. The van der Waals surface area contributed by atoms with Gasteiger partial charge in [0.15, 0.2) is 0 Å². The summed E-state index contributed by atoms with van der Waals surface area (Å²) in [4.78, 5) is 0. The number of rotatable bonds is 6. The first-order chi connectivity index (χ1) is 11.3. The van der Waals surface area contributed by atoms with Gasteiger partial charge in [0.2, 0.25) is 0 Å². The summed E-state index contributed by atoms with van der Waals surface area (Å²) in [7, 11) is 0. The molecule has 0 aromatic heterocycles. The van der Waals surface area contributed by atoms with E-state index in [-0.39, 0.29) is 24.1 Å². The van der Waals surface area contributed by atoms with Gasteiger partial charge >= 0.3 is 6.36 Å². The minimum absolute atomic E-state index is 0.259. The molecule has 0 saturated heterocycles. The predicted molar refractivity (Wildman–Crippen MR) is 84.1 cm³/mol. The van der Waals surface area contributed by atoms with Crippen molar-refractivity contribution in [1.82, 2.24) is 0 Å². The smallest absolute Gasteiger partial charge is 0.491 e. The molecule has 0 radical (unpaired) electrons. The molecule has 1 unspecified atom stereocenters. The van der Waals surface area contributed by atoms with Crippen LogP contribution in [-0.4, -0.2) is 19.0 Å². The topological polar surface area (TPSA) is 43.2 Å². The fourth-order valence-corrected chi connectivity index (χ4v) is 1.82. The quantitative estimate of drug-likeness (QED) is 0.613. The highest BCUT2D eigenvalue weighted by Gasteiger charge is 2.31. The molecule has 24 heavy (non-hydrogen) atoms. The lowest BCUT2D eigenvalue weighted by Crippen LogP contribution is -2.16. The number of halogens is 4. The van der Waals surface area contributed by atoms with Crippen LogP contribution in [0.1, 0.15) is 6.92 Å². The van der Waals surface area contributed by atoms with Crippen molar-refractivity contribution in [3.8, 4) is 11.5 Å². The van der Waals surface area contributed by atoms with Gasteiger partial charge in [-0.2, -0.15) is 10.2 Å². The average Bonchev–Trinajstić information content (AvgIpc) is 2.51. The summed E-state index contributed by atoms with van der Waals surface area (Å²) in [5, 5.41) is 8.51. The van der Waals surface area contributed by atoms with Gasteiger partial charge in [-0.1, -0.05) is 17.7 Å². The lowest BCUT2D eigenvalue weighted by molar-refractivity contribution is -0.274. The van der Waals surface area contributed by atoms with E-state index in [1.165, 1.54) is 18.2 Å². The van der Waals surface area contributed by atoms with E-state index in [2.05, 4.69) is 15.0 Å². The molecular formula is C16H14ClF3N2O2. The van der Waals surface area contributed by atoms with Crippen LogP contribution in [0.3, 0.4) is 0 Å². The summed E-state index contributed by atoms with van der Waals surface area (Å²) in [6.07, 6.45) is -4.74. The molecule has 2 rings (SSSR count). The summed E-state index contributed by atoms with van der Waals surface area (Å²) in [6, 6.07) is 11.9. The minimum Gasteiger partial charge on any atom is -0.491 e. The molecule has 0 heterocycles. The fraction of sp³-hybridized carbons (Fsp3) is 0.250. The van der Waals surface area contributed by atoms with Crippen molar-refractivity contribution in [1.29, 1.82) is 0 Å². The Morgan fingerprint density at radius 3 is 2.46 bits per heavy atom. The Morgan fingerprint density at radius 2 is 1.79 bits per heavy atom. The maximum absolute atomic E-state index is 12.2. The zero-order valence-corrected chi connectivity index (χ0v) is 13.4. The number of ether oxygens (including phenoxy) is 2. The van der Waals surface area contributed by atoms with Crippen molar-refractivity contribution in [2.45, 2.75) is 19.3 Å². The molecule has 2 aromatic rings. The maximum Gasteiger partial charge on any atom is 0.573 e. The second-order valence-electron chi connectivity index (χ2n) is 4.87. The molecule has 0 aliphatic heterocycles. The minimum atomic E-state index is -4.74. The molecule has 0 fully saturated rings. The van der Waals surface area contributed by atoms with Crippen molar-refractivity contribution in [3.63, 3.8) is 0 Å². The van der Waals surface area contributed by atoms with Gasteiger partial charge in [-0.25, -0.2) is 0 Å². The Bertz CT molecular complexity index is 690. The SMILES string of the molecule is CC(COc1ccc(Cl)cc1)N=Nc1cccc(OC(F)(F)F)c1. The molecule has 0 N–H and O–H groups in total. The molecule has 0 bridgehead atoms. The van der Waals surface area contributed by atoms with E-state index >= 15 is 0 Å². The van der Waals surface area contributed by atoms with Crippen molar-refractivity contribution >= 4 is 17.3 Å². The Balaban J connectivity index is 1.90. The first-order valence-electron chi connectivity index (χ1n) is 6.97. The second kappa shape index (κ2) is 8.01. The molecule has 0 saturated carbocycles. The van der Waals surface area contributed by atoms with Gasteiger partial charge in [-0.05, 0) is 43.3 Å². The van der Waals surface area contributed by atoms with E-state index in [0.29, 0.717) is 10.8 Å². The average molecular weight is 359 g/mol. The first kappa shape index (κ1) is 18.1. The van der Waals surface area contributed by atoms with Gasteiger partial charge in [0.25, 0.3) is 0 Å². The van der Waals surface area contributed by atoms with E-state index < -0.39 is 6.36 Å². The van der Waals surface area contributed by atoms with Crippen LogP contribution in [0, 0.1) is 0 Å². The third-order valence-corrected chi connectivity index (χ3v) is 2.98. The molecule has 0 aliphatic rings. The van der Waals surface area contributed by atoms with Gasteiger partial charge in [-0.3, -0.25) is 0 Å². The van der Waals surface area contributed by atoms with Gasteiger partial charge in [-0.15, -0.1) is 13.2 Å². The van der Waals surface area contributed by atoms with E-state index in [4.69, 9.17) is 16.3 Å². The molecule has 0 aliphatic carbocycles. The van der Waals surface area contributed by atoms with E-state index in [1.807, 2.05) is 0 Å². The van der Waals surface area contributed by atoms with Crippen LogP contribution in [0.15, 0.2) is 58.8 Å². The molecule has 4 nitrogen and oxygen atoms in total. The summed E-state index contributed by atoms with van der Waals surface area (Å²) in [5.74, 6) is 0.297. The zero-order valence-electron chi connectivity index (χ0n) is 12.6. The van der Waals surface area contributed by atoms with Gasteiger partial charge in [0.1, 0.15) is 24.1 Å². The predicted octanol–water partition coefficient (Wildman–Crippen LogP) is 5.79. The van der Waals surface area contributed by atoms with Crippen molar-refractivity contribution in [3.05, 3.63) is 53.6 Å². The molecule has 0 amide bonds. The second-order valence-corrected chi connectivity index (χ2v) is 5.31. The van der Waals surface area contributed by atoms with Gasteiger partial charge < -0.3 is 9.47 Å². The van der Waals surface area contributed by atoms with E-state index in [9.17, 15) is 13.2 Å². The summed E-state index contributed by atoms with van der Waals surface area (Å²) >= 11 is 5.78. The van der Waals surface area contributed by atoms with Crippen LogP contribution in [0.5, 0.6) is 11.5 Å². The van der Waals surface area contributed by atoms with Crippen molar-refractivity contribution < 1.29 is 22.6 Å². The van der Waals surface area contributed by atoms with Gasteiger partial charge in [0, 0.05) is 11.1 Å². The number of alkyl halides is 3. The summed E-state index contributed by atoms with van der Waals surface area (Å²) in [5.41, 5.74) is 0.259. The van der Waals surface area contributed by atoms with Crippen molar-refractivity contribution in [2.75, 3.05) is 6.61 Å². The normalized spacial score (nSPS) is 13.0. The fourth-order valence-electron chi connectivity index (χ4n) is 1.69. The lowest BCUT2D eigenvalue weighted by Gasteiger charge is -2.09. The summed E-state index contributed by atoms with van der Waals surface area (Å²) < 4.78 is 45.9. The third kappa shape index (κ3) is 6.45. The zero-order chi connectivity index (χ0) is 17.6. The van der Waals surface area contributed by atoms with Crippen LogP contribution in [-0.2, 0) is 0 Å². The highest BCUT2D eigenvalue weighted by molar-refractivity contribution is 6.30. The molecule has 2 aromatic carbocycles. The van der Waals surface area contributed by atoms with Crippen molar-refractivity contribution in [2.24, 2.45) is 10.2 Å². The molecule has 8 heteroatoms. The highest BCUT2D eigenvalue weighted by atomic mass is 35.5. The highest BCUT2D eigenvalue weighted by Crippen LogP contribution is 2.26. The molecule has 128 valence electrons. The number of azo groups is 1. The molecule has 0 spiro atoms.